The van der Waals surface area contributed by atoms with E-state index in [4.69, 9.17) is 0 Å². The third kappa shape index (κ3) is 2.16. The third-order valence-electron chi connectivity index (χ3n) is 4.38. The number of rotatable bonds is 2. The zero-order chi connectivity index (χ0) is 15.3. The molecule has 2 aromatic rings. The molecular weight excluding hydrogens is 281 g/mol. The van der Waals surface area contributed by atoms with E-state index in [1.807, 2.05) is 28.9 Å². The van der Waals surface area contributed by atoms with Gasteiger partial charge in [0.25, 0.3) is 0 Å². The van der Waals surface area contributed by atoms with Crippen molar-refractivity contribution in [3.05, 3.63) is 30.7 Å². The van der Waals surface area contributed by atoms with Gasteiger partial charge >= 0.3 is 6.18 Å². The molecule has 3 rings (SSSR count). The molecule has 0 aromatic carbocycles. The molecule has 4 nitrogen and oxygen atoms in total. The molecule has 0 aliphatic carbocycles. The van der Waals surface area contributed by atoms with Gasteiger partial charge < -0.3 is 9.30 Å². The number of pyridine rings is 1. The number of imidazole rings is 1. The first-order valence-electron chi connectivity index (χ1n) is 6.75. The number of nitrogens with zero attached hydrogens (tertiary/aromatic N) is 4. The van der Waals surface area contributed by atoms with Crippen LogP contribution in [0.1, 0.15) is 6.42 Å². The molecule has 0 saturated carbocycles. The van der Waals surface area contributed by atoms with Crippen molar-refractivity contribution in [1.29, 1.82) is 0 Å². The highest BCUT2D eigenvalue weighted by molar-refractivity contribution is 5.57. The van der Waals surface area contributed by atoms with Gasteiger partial charge in [0.15, 0.2) is 0 Å². The van der Waals surface area contributed by atoms with E-state index in [0.29, 0.717) is 6.54 Å². The second-order valence-electron chi connectivity index (χ2n) is 5.67. The average molecular weight is 298 g/mol. The van der Waals surface area contributed by atoms with Crippen LogP contribution in [0, 0.1) is 0 Å². The largest absolute Gasteiger partial charge is 0.408 e. The fourth-order valence-electron chi connectivity index (χ4n) is 2.96. The van der Waals surface area contributed by atoms with Crippen molar-refractivity contribution in [3.63, 3.8) is 0 Å². The standard InChI is InChI=1S/C14H17F3N4/c1-19(2)13(14(15,16)17)4-7-21(10-13)11-3-6-20-8-5-18-12(20)9-11/h3,5-6,8-9H,4,7,10H2,1-2H3. The van der Waals surface area contributed by atoms with Crippen LogP contribution in [0.2, 0.25) is 0 Å². The van der Waals surface area contributed by atoms with E-state index in [-0.39, 0.29) is 13.0 Å². The van der Waals surface area contributed by atoms with Crippen LogP contribution < -0.4 is 4.90 Å². The maximum Gasteiger partial charge on any atom is 0.408 e. The molecule has 1 aliphatic rings. The molecule has 1 atom stereocenters. The van der Waals surface area contributed by atoms with E-state index in [1.54, 1.807) is 11.1 Å². The maximum atomic E-state index is 13.5. The third-order valence-corrected chi connectivity index (χ3v) is 4.38. The monoisotopic (exact) mass is 298 g/mol. The van der Waals surface area contributed by atoms with Crippen molar-refractivity contribution < 1.29 is 13.2 Å². The smallest absolute Gasteiger partial charge is 0.369 e. The second-order valence-corrected chi connectivity index (χ2v) is 5.67. The van der Waals surface area contributed by atoms with Crippen molar-refractivity contribution >= 4 is 11.3 Å². The SMILES string of the molecule is CN(C)C1(C(F)(F)F)CCN(c2ccn3ccnc3c2)C1. The molecule has 1 unspecified atom stereocenters. The first kappa shape index (κ1) is 14.2. The van der Waals surface area contributed by atoms with Crippen molar-refractivity contribution in [2.75, 3.05) is 32.1 Å². The Kier molecular flexibility index (Phi) is 3.12. The molecule has 0 radical (unpaired) electrons. The summed E-state index contributed by atoms with van der Waals surface area (Å²) in [6.07, 6.45) is 1.12. The fraction of sp³-hybridized carbons (Fsp3) is 0.500. The van der Waals surface area contributed by atoms with Gasteiger partial charge in [-0.1, -0.05) is 0 Å². The normalized spacial score (nSPS) is 23.4. The summed E-state index contributed by atoms with van der Waals surface area (Å²) in [6, 6.07) is 3.65. The molecule has 7 heteroatoms. The predicted octanol–water partition coefficient (Wildman–Crippen LogP) is 2.41. The molecular formula is C14H17F3N4. The van der Waals surface area contributed by atoms with Crippen LogP contribution in [0.5, 0.6) is 0 Å². The lowest BCUT2D eigenvalue weighted by Gasteiger charge is -2.38. The zero-order valence-electron chi connectivity index (χ0n) is 11.9. The van der Waals surface area contributed by atoms with Gasteiger partial charge in [0, 0.05) is 43.4 Å². The second kappa shape index (κ2) is 4.62. The van der Waals surface area contributed by atoms with Gasteiger partial charge in [-0.25, -0.2) is 4.98 Å². The lowest BCUT2D eigenvalue weighted by atomic mass is 9.96. The molecule has 21 heavy (non-hydrogen) atoms. The Hall–Kier alpha value is -1.76. The Labute approximate surface area is 120 Å². The minimum Gasteiger partial charge on any atom is -0.369 e. The van der Waals surface area contributed by atoms with Crippen LogP contribution in [0.25, 0.3) is 5.65 Å². The Morgan fingerprint density at radius 2 is 2.05 bits per heavy atom. The molecule has 1 saturated heterocycles. The summed E-state index contributed by atoms with van der Waals surface area (Å²) in [5.74, 6) is 0. The molecule has 1 fully saturated rings. The van der Waals surface area contributed by atoms with E-state index in [0.717, 1.165) is 11.3 Å². The van der Waals surface area contributed by atoms with Crippen molar-refractivity contribution in [1.82, 2.24) is 14.3 Å². The van der Waals surface area contributed by atoms with Crippen LogP contribution in [0.3, 0.4) is 0 Å². The molecule has 3 heterocycles. The highest BCUT2D eigenvalue weighted by Crippen LogP contribution is 2.42. The van der Waals surface area contributed by atoms with E-state index in [2.05, 4.69) is 4.98 Å². The lowest BCUT2D eigenvalue weighted by Crippen LogP contribution is -2.57. The Bertz CT molecular complexity index is 649. The van der Waals surface area contributed by atoms with Gasteiger partial charge in [-0.15, -0.1) is 0 Å². The minimum atomic E-state index is -4.25. The van der Waals surface area contributed by atoms with Gasteiger partial charge in [-0.3, -0.25) is 4.90 Å². The van der Waals surface area contributed by atoms with Crippen molar-refractivity contribution in [2.45, 2.75) is 18.1 Å². The molecule has 0 bridgehead atoms. The molecule has 1 aliphatic heterocycles. The van der Waals surface area contributed by atoms with Crippen LogP contribution in [0.4, 0.5) is 18.9 Å². The van der Waals surface area contributed by atoms with E-state index >= 15 is 0 Å². The molecule has 2 aromatic heterocycles. The molecule has 114 valence electrons. The average Bonchev–Trinajstić information content (AvgIpc) is 3.04. The number of hydrogen-bond donors (Lipinski definition) is 0. The number of hydrogen-bond acceptors (Lipinski definition) is 3. The van der Waals surface area contributed by atoms with Crippen LogP contribution in [-0.4, -0.2) is 53.2 Å². The van der Waals surface area contributed by atoms with Crippen LogP contribution in [0.15, 0.2) is 30.7 Å². The number of aromatic nitrogens is 2. The van der Waals surface area contributed by atoms with Crippen LogP contribution in [-0.2, 0) is 0 Å². The summed E-state index contributed by atoms with van der Waals surface area (Å²) in [4.78, 5) is 7.25. The van der Waals surface area contributed by atoms with E-state index in [1.165, 1.54) is 19.0 Å². The van der Waals surface area contributed by atoms with Gasteiger partial charge in [-0.2, -0.15) is 13.2 Å². The molecule has 0 N–H and O–H groups in total. The Balaban J connectivity index is 1.92. The Morgan fingerprint density at radius 3 is 2.67 bits per heavy atom. The predicted molar refractivity (Wildman–Crippen MR) is 74.5 cm³/mol. The minimum absolute atomic E-state index is 0.0552. The van der Waals surface area contributed by atoms with Gasteiger partial charge in [0.1, 0.15) is 11.2 Å². The van der Waals surface area contributed by atoms with Crippen LogP contribution >= 0.6 is 0 Å². The first-order valence-corrected chi connectivity index (χ1v) is 6.75. The lowest BCUT2D eigenvalue weighted by molar-refractivity contribution is -0.217. The molecule has 0 spiro atoms. The summed E-state index contributed by atoms with van der Waals surface area (Å²) in [5, 5.41) is 0. The fourth-order valence-corrected chi connectivity index (χ4v) is 2.96. The van der Waals surface area contributed by atoms with E-state index in [9.17, 15) is 13.2 Å². The zero-order valence-corrected chi connectivity index (χ0v) is 11.9. The molecule has 0 amide bonds. The van der Waals surface area contributed by atoms with Crippen molar-refractivity contribution in [2.24, 2.45) is 0 Å². The van der Waals surface area contributed by atoms with Gasteiger partial charge in [-0.05, 0) is 26.6 Å². The number of halogens is 3. The highest BCUT2D eigenvalue weighted by atomic mass is 19.4. The number of anilines is 1. The summed E-state index contributed by atoms with van der Waals surface area (Å²) >= 11 is 0. The topological polar surface area (TPSA) is 23.8 Å². The quantitative estimate of drug-likeness (QED) is 0.851. The summed E-state index contributed by atoms with van der Waals surface area (Å²) < 4.78 is 42.3. The van der Waals surface area contributed by atoms with Gasteiger partial charge in [0.05, 0.1) is 0 Å². The van der Waals surface area contributed by atoms with E-state index < -0.39 is 11.7 Å². The number of fused-ring (bicyclic) bond motifs is 1. The summed E-state index contributed by atoms with van der Waals surface area (Å²) in [7, 11) is 2.99. The summed E-state index contributed by atoms with van der Waals surface area (Å²) in [5.41, 5.74) is -0.266. The summed E-state index contributed by atoms with van der Waals surface area (Å²) in [6.45, 7) is 0.328. The first-order chi connectivity index (χ1) is 9.83. The maximum absolute atomic E-state index is 13.5. The highest BCUT2D eigenvalue weighted by Gasteiger charge is 2.59. The van der Waals surface area contributed by atoms with Gasteiger partial charge in [0.2, 0.25) is 0 Å². The Morgan fingerprint density at radius 1 is 1.29 bits per heavy atom. The number of likely N-dealkylation sites (N-methyl/N-ethyl adjacent to an activating group) is 1. The number of alkyl halides is 3. The van der Waals surface area contributed by atoms with Crippen molar-refractivity contribution in [3.8, 4) is 0 Å².